The maximum absolute atomic E-state index is 10.9. The fraction of sp³-hybridized carbons (Fsp3) is 0.333. The van der Waals surface area contributed by atoms with E-state index in [0.29, 0.717) is 24.3 Å². The number of carbonyl (C=O) groups is 1. The van der Waals surface area contributed by atoms with Crippen LogP contribution in [0.4, 0.5) is 0 Å². The van der Waals surface area contributed by atoms with Gasteiger partial charge in [0.15, 0.2) is 0 Å². The molecule has 1 aliphatic rings. The van der Waals surface area contributed by atoms with Crippen LogP contribution < -0.4 is 4.74 Å². The number of fused-ring (bicyclic) bond motifs is 1. The molecule has 0 fully saturated rings. The van der Waals surface area contributed by atoms with Gasteiger partial charge in [0.2, 0.25) is 0 Å². The van der Waals surface area contributed by atoms with Crippen LogP contribution in [0.5, 0.6) is 5.75 Å². The van der Waals surface area contributed by atoms with Crippen LogP contribution in [0.25, 0.3) is 0 Å². The highest BCUT2D eigenvalue weighted by atomic mass is 16.5. The number of aromatic carboxylic acids is 1. The van der Waals surface area contributed by atoms with Gasteiger partial charge in [0.25, 0.3) is 0 Å². The first-order valence-electron chi connectivity index (χ1n) is 4.99. The second kappa shape index (κ2) is 3.53. The zero-order valence-corrected chi connectivity index (χ0v) is 8.86. The molecule has 4 heteroatoms. The van der Waals surface area contributed by atoms with Crippen molar-refractivity contribution in [3.63, 3.8) is 0 Å². The van der Waals surface area contributed by atoms with E-state index >= 15 is 0 Å². The first kappa shape index (κ1) is 10.5. The van der Waals surface area contributed by atoms with E-state index in [2.05, 4.69) is 6.07 Å². The van der Waals surface area contributed by atoms with Gasteiger partial charge < -0.3 is 9.84 Å². The van der Waals surface area contributed by atoms with Gasteiger partial charge in [0.1, 0.15) is 5.75 Å². The van der Waals surface area contributed by atoms with Gasteiger partial charge in [0, 0.05) is 12.0 Å². The molecular formula is C12H11NO3. The van der Waals surface area contributed by atoms with Crippen LogP contribution in [-0.2, 0) is 5.41 Å². The topological polar surface area (TPSA) is 70.3 Å². The van der Waals surface area contributed by atoms with Crippen LogP contribution in [0, 0.1) is 11.3 Å². The zero-order chi connectivity index (χ0) is 11.8. The molecule has 82 valence electrons. The van der Waals surface area contributed by atoms with Gasteiger partial charge in [-0.1, -0.05) is 0 Å². The molecule has 1 aromatic rings. The summed E-state index contributed by atoms with van der Waals surface area (Å²) in [5, 5.41) is 18.1. The quantitative estimate of drug-likeness (QED) is 0.780. The normalized spacial score (nSPS) is 22.8. The van der Waals surface area contributed by atoms with Crippen LogP contribution in [0.15, 0.2) is 18.2 Å². The summed E-state index contributed by atoms with van der Waals surface area (Å²) in [5.74, 6) is -0.381. The largest absolute Gasteiger partial charge is 0.493 e. The predicted molar refractivity (Wildman–Crippen MR) is 56.5 cm³/mol. The molecule has 0 aliphatic carbocycles. The van der Waals surface area contributed by atoms with E-state index in [1.54, 1.807) is 13.0 Å². The Balaban J connectivity index is 2.58. The second-order valence-electron chi connectivity index (χ2n) is 4.06. The Labute approximate surface area is 93.1 Å². The van der Waals surface area contributed by atoms with Crippen molar-refractivity contribution in [1.29, 1.82) is 5.26 Å². The first-order valence-corrected chi connectivity index (χ1v) is 4.99. The molecule has 1 aromatic carbocycles. The summed E-state index contributed by atoms with van der Waals surface area (Å²) in [7, 11) is 0. The smallest absolute Gasteiger partial charge is 0.335 e. The molecule has 16 heavy (non-hydrogen) atoms. The number of rotatable bonds is 1. The molecule has 1 N–H and O–H groups in total. The van der Waals surface area contributed by atoms with Crippen LogP contribution in [0.3, 0.4) is 0 Å². The summed E-state index contributed by atoms with van der Waals surface area (Å²) in [6.45, 7) is 2.30. The Bertz CT molecular complexity index is 490. The molecule has 2 rings (SSSR count). The second-order valence-corrected chi connectivity index (χ2v) is 4.06. The number of carboxylic acids is 1. The van der Waals surface area contributed by atoms with Gasteiger partial charge in [-0.3, -0.25) is 0 Å². The molecule has 0 spiro atoms. The molecule has 0 saturated carbocycles. The molecule has 1 atom stereocenters. The van der Waals surface area contributed by atoms with Crippen molar-refractivity contribution in [2.75, 3.05) is 6.61 Å². The van der Waals surface area contributed by atoms with Gasteiger partial charge in [-0.2, -0.15) is 5.26 Å². The highest BCUT2D eigenvalue weighted by Gasteiger charge is 2.33. The fourth-order valence-corrected chi connectivity index (χ4v) is 1.84. The van der Waals surface area contributed by atoms with Crippen LogP contribution in [-0.4, -0.2) is 17.7 Å². The van der Waals surface area contributed by atoms with E-state index in [9.17, 15) is 10.1 Å². The van der Waals surface area contributed by atoms with Crippen LogP contribution >= 0.6 is 0 Å². The molecule has 0 saturated heterocycles. The van der Waals surface area contributed by atoms with Crippen molar-refractivity contribution in [3.8, 4) is 11.8 Å². The van der Waals surface area contributed by atoms with Gasteiger partial charge in [-0.15, -0.1) is 0 Å². The van der Waals surface area contributed by atoms with E-state index in [1.807, 2.05) is 0 Å². The molecule has 4 nitrogen and oxygen atoms in total. The third-order valence-corrected chi connectivity index (χ3v) is 2.93. The van der Waals surface area contributed by atoms with E-state index in [-0.39, 0.29) is 5.56 Å². The lowest BCUT2D eigenvalue weighted by molar-refractivity contribution is 0.0696. The molecule has 0 amide bonds. The maximum Gasteiger partial charge on any atom is 0.335 e. The average Bonchev–Trinajstić information content (AvgIpc) is 2.29. The summed E-state index contributed by atoms with van der Waals surface area (Å²) in [6.07, 6.45) is 0.583. The van der Waals surface area contributed by atoms with Crippen molar-refractivity contribution in [2.45, 2.75) is 18.8 Å². The number of hydrogen-bond donors (Lipinski definition) is 1. The van der Waals surface area contributed by atoms with Crippen molar-refractivity contribution in [2.24, 2.45) is 0 Å². The minimum atomic E-state index is -0.992. The van der Waals surface area contributed by atoms with E-state index in [4.69, 9.17) is 9.84 Å². The van der Waals surface area contributed by atoms with Gasteiger partial charge in [0.05, 0.1) is 23.7 Å². The molecule has 1 unspecified atom stereocenters. The summed E-state index contributed by atoms with van der Waals surface area (Å²) >= 11 is 0. The summed E-state index contributed by atoms with van der Waals surface area (Å²) < 4.78 is 5.41. The molecule has 1 aliphatic heterocycles. The van der Waals surface area contributed by atoms with E-state index in [1.165, 1.54) is 12.1 Å². The third kappa shape index (κ3) is 1.50. The van der Waals surface area contributed by atoms with Crippen molar-refractivity contribution in [3.05, 3.63) is 29.3 Å². The molecule has 1 heterocycles. The third-order valence-electron chi connectivity index (χ3n) is 2.93. The Morgan fingerprint density at radius 2 is 2.38 bits per heavy atom. The Morgan fingerprint density at radius 1 is 1.62 bits per heavy atom. The minimum absolute atomic E-state index is 0.186. The summed E-state index contributed by atoms with van der Waals surface area (Å²) in [4.78, 5) is 10.9. The van der Waals surface area contributed by atoms with Gasteiger partial charge in [-0.25, -0.2) is 4.79 Å². The number of benzene rings is 1. The Hall–Kier alpha value is -2.02. The number of nitrogens with zero attached hydrogens (tertiary/aromatic N) is 1. The summed E-state index contributed by atoms with van der Waals surface area (Å²) in [6, 6.07) is 6.87. The average molecular weight is 217 g/mol. The Kier molecular flexibility index (Phi) is 2.31. The number of ether oxygens (including phenoxy) is 1. The summed E-state index contributed by atoms with van der Waals surface area (Å²) in [5.41, 5.74) is 0.200. The van der Waals surface area contributed by atoms with Gasteiger partial charge >= 0.3 is 5.97 Å². The first-order chi connectivity index (χ1) is 7.57. The lowest BCUT2D eigenvalue weighted by Gasteiger charge is -2.29. The minimum Gasteiger partial charge on any atom is -0.493 e. The van der Waals surface area contributed by atoms with Gasteiger partial charge in [-0.05, 0) is 25.1 Å². The predicted octanol–water partition coefficient (Wildman–Crippen LogP) is 1.95. The molecule has 0 radical (unpaired) electrons. The lowest BCUT2D eigenvalue weighted by atomic mass is 9.78. The van der Waals surface area contributed by atoms with Crippen molar-refractivity contribution < 1.29 is 14.6 Å². The Morgan fingerprint density at radius 3 is 3.00 bits per heavy atom. The SMILES string of the molecule is CC1(C#N)CCOc2ccc(C(=O)O)cc21. The standard InChI is InChI=1S/C12H11NO3/c1-12(7-13)4-5-16-10-3-2-8(11(14)15)6-9(10)12/h2-3,6H,4-5H2,1H3,(H,14,15). The van der Waals surface area contributed by atoms with Crippen LogP contribution in [0.2, 0.25) is 0 Å². The van der Waals surface area contributed by atoms with Crippen molar-refractivity contribution in [1.82, 2.24) is 0 Å². The molecule has 0 aromatic heterocycles. The highest BCUT2D eigenvalue weighted by Crippen LogP contribution is 2.38. The zero-order valence-electron chi connectivity index (χ0n) is 8.86. The van der Waals surface area contributed by atoms with E-state index < -0.39 is 11.4 Å². The van der Waals surface area contributed by atoms with Crippen molar-refractivity contribution >= 4 is 5.97 Å². The molecular weight excluding hydrogens is 206 g/mol. The lowest BCUT2D eigenvalue weighted by Crippen LogP contribution is -2.28. The number of hydrogen-bond acceptors (Lipinski definition) is 3. The fourth-order valence-electron chi connectivity index (χ4n) is 1.84. The van der Waals surface area contributed by atoms with Crippen LogP contribution in [0.1, 0.15) is 29.3 Å². The number of carboxylic acid groups (broad SMARTS) is 1. The molecule has 0 bridgehead atoms. The monoisotopic (exact) mass is 217 g/mol. The maximum atomic E-state index is 10.9. The highest BCUT2D eigenvalue weighted by molar-refractivity contribution is 5.88. The number of nitriles is 1. The van der Waals surface area contributed by atoms with E-state index in [0.717, 1.165) is 0 Å².